The molecule has 0 unspecified atom stereocenters. The molecule has 0 amide bonds. The Labute approximate surface area is 160 Å². The van der Waals surface area contributed by atoms with Gasteiger partial charge in [0.25, 0.3) is 0 Å². The summed E-state index contributed by atoms with van der Waals surface area (Å²) < 4.78 is 37.7. The summed E-state index contributed by atoms with van der Waals surface area (Å²) in [5.41, 5.74) is 1.17. The maximum Gasteiger partial charge on any atom is 0.244 e. The van der Waals surface area contributed by atoms with E-state index in [0.717, 1.165) is 13.0 Å². The molecule has 3 rings (SSSR count). The third-order valence-electron chi connectivity index (χ3n) is 4.61. The lowest BCUT2D eigenvalue weighted by Gasteiger charge is -2.23. The van der Waals surface area contributed by atoms with E-state index >= 15 is 0 Å². The summed E-state index contributed by atoms with van der Waals surface area (Å²) in [4.78, 5) is 4.73. The second-order valence-electron chi connectivity index (χ2n) is 7.43. The first-order valence-electron chi connectivity index (χ1n) is 9.21. The maximum absolute atomic E-state index is 13.1. The van der Waals surface area contributed by atoms with Crippen LogP contribution in [0.5, 0.6) is 0 Å². The van der Waals surface area contributed by atoms with Crippen molar-refractivity contribution in [3.05, 3.63) is 23.0 Å². The SMILES string of the molecule is COCc1nc2n(n1)CCC[C@H]2NS(=O)(=O)c1c(C)nn(CC(C)C)c1C. The molecule has 150 valence electrons. The lowest BCUT2D eigenvalue weighted by molar-refractivity contribution is 0.177. The highest BCUT2D eigenvalue weighted by Gasteiger charge is 2.32. The van der Waals surface area contributed by atoms with Gasteiger partial charge in [-0.05, 0) is 32.6 Å². The molecule has 3 heterocycles. The first kappa shape index (κ1) is 20.0. The molecule has 0 fully saturated rings. The van der Waals surface area contributed by atoms with E-state index in [1.807, 2.05) is 0 Å². The van der Waals surface area contributed by atoms with Crippen LogP contribution in [0.4, 0.5) is 0 Å². The highest BCUT2D eigenvalue weighted by Crippen LogP contribution is 2.27. The number of rotatable bonds is 7. The zero-order valence-electron chi connectivity index (χ0n) is 16.6. The molecule has 0 aliphatic carbocycles. The second kappa shape index (κ2) is 7.69. The number of ether oxygens (including phenoxy) is 1. The van der Waals surface area contributed by atoms with Crippen molar-refractivity contribution >= 4 is 10.0 Å². The molecule has 1 aliphatic rings. The quantitative estimate of drug-likeness (QED) is 0.764. The van der Waals surface area contributed by atoms with Crippen LogP contribution >= 0.6 is 0 Å². The van der Waals surface area contributed by atoms with E-state index in [4.69, 9.17) is 4.74 Å². The summed E-state index contributed by atoms with van der Waals surface area (Å²) in [5.74, 6) is 1.58. The van der Waals surface area contributed by atoms with Crippen LogP contribution in [0.2, 0.25) is 0 Å². The lowest BCUT2D eigenvalue weighted by Crippen LogP contribution is -2.33. The van der Waals surface area contributed by atoms with Crippen molar-refractivity contribution in [1.29, 1.82) is 0 Å². The molecule has 9 nitrogen and oxygen atoms in total. The van der Waals surface area contributed by atoms with E-state index in [1.165, 1.54) is 0 Å². The Hall–Kier alpha value is -1.78. The summed E-state index contributed by atoms with van der Waals surface area (Å²) in [6, 6.07) is -0.408. The largest absolute Gasteiger partial charge is 0.377 e. The fourth-order valence-corrected chi connectivity index (χ4v) is 5.18. The Morgan fingerprint density at radius 3 is 2.70 bits per heavy atom. The van der Waals surface area contributed by atoms with Crippen molar-refractivity contribution in [2.75, 3.05) is 7.11 Å². The molecule has 0 aromatic carbocycles. The van der Waals surface area contributed by atoms with Gasteiger partial charge in [-0.25, -0.2) is 22.8 Å². The van der Waals surface area contributed by atoms with Gasteiger partial charge in [-0.1, -0.05) is 13.8 Å². The molecule has 0 saturated heterocycles. The number of nitrogens with one attached hydrogen (secondary N) is 1. The fourth-order valence-electron chi connectivity index (χ4n) is 3.54. The van der Waals surface area contributed by atoms with Gasteiger partial charge in [0.1, 0.15) is 17.3 Å². The molecule has 1 N–H and O–H groups in total. The summed E-state index contributed by atoms with van der Waals surface area (Å²) in [6.45, 7) is 9.41. The van der Waals surface area contributed by atoms with Crippen LogP contribution in [-0.2, 0) is 34.5 Å². The zero-order valence-corrected chi connectivity index (χ0v) is 17.4. The third-order valence-corrected chi connectivity index (χ3v) is 6.33. The molecule has 10 heteroatoms. The van der Waals surface area contributed by atoms with Gasteiger partial charge < -0.3 is 4.74 Å². The van der Waals surface area contributed by atoms with Gasteiger partial charge in [-0.15, -0.1) is 0 Å². The number of sulfonamides is 1. The highest BCUT2D eigenvalue weighted by atomic mass is 32.2. The molecular weight excluding hydrogens is 368 g/mol. The average molecular weight is 397 g/mol. The van der Waals surface area contributed by atoms with Crippen molar-refractivity contribution in [3.63, 3.8) is 0 Å². The Bertz CT molecular complexity index is 915. The first-order valence-corrected chi connectivity index (χ1v) is 10.7. The van der Waals surface area contributed by atoms with Crippen LogP contribution < -0.4 is 4.72 Å². The van der Waals surface area contributed by atoms with Crippen LogP contribution in [0.1, 0.15) is 55.8 Å². The number of aryl methyl sites for hydroxylation is 2. The maximum atomic E-state index is 13.1. The number of methoxy groups -OCH3 is 1. The van der Waals surface area contributed by atoms with E-state index < -0.39 is 16.1 Å². The van der Waals surface area contributed by atoms with E-state index in [0.29, 0.717) is 48.5 Å². The molecular formula is C17H28N6O3S. The van der Waals surface area contributed by atoms with Crippen LogP contribution in [0.25, 0.3) is 0 Å². The topological polar surface area (TPSA) is 104 Å². The van der Waals surface area contributed by atoms with Crippen molar-refractivity contribution in [2.45, 2.75) is 71.2 Å². The van der Waals surface area contributed by atoms with Crippen molar-refractivity contribution in [2.24, 2.45) is 5.92 Å². The fraction of sp³-hybridized carbons (Fsp3) is 0.706. The van der Waals surface area contributed by atoms with Gasteiger partial charge in [-0.2, -0.15) is 10.2 Å². The number of fused-ring (bicyclic) bond motifs is 1. The van der Waals surface area contributed by atoms with Gasteiger partial charge in [-0.3, -0.25) is 4.68 Å². The van der Waals surface area contributed by atoms with E-state index in [9.17, 15) is 8.42 Å². The molecule has 2 aromatic rings. The second-order valence-corrected chi connectivity index (χ2v) is 9.09. The molecule has 1 aliphatic heterocycles. The minimum absolute atomic E-state index is 0.261. The lowest BCUT2D eigenvalue weighted by atomic mass is 10.1. The van der Waals surface area contributed by atoms with E-state index in [-0.39, 0.29) is 4.90 Å². The first-order chi connectivity index (χ1) is 12.7. The van der Waals surface area contributed by atoms with Gasteiger partial charge in [0.15, 0.2) is 5.82 Å². The van der Waals surface area contributed by atoms with Crippen LogP contribution in [-0.4, -0.2) is 40.1 Å². The summed E-state index contributed by atoms with van der Waals surface area (Å²) in [5, 5.41) is 8.82. The minimum atomic E-state index is -3.73. The average Bonchev–Trinajstić information content (AvgIpc) is 3.08. The summed E-state index contributed by atoms with van der Waals surface area (Å²) in [7, 11) is -2.14. The Kier molecular flexibility index (Phi) is 5.68. The minimum Gasteiger partial charge on any atom is -0.377 e. The van der Waals surface area contributed by atoms with Crippen molar-refractivity contribution in [3.8, 4) is 0 Å². The number of hydrogen-bond donors (Lipinski definition) is 1. The number of hydrogen-bond acceptors (Lipinski definition) is 6. The summed E-state index contributed by atoms with van der Waals surface area (Å²) >= 11 is 0. The van der Waals surface area contributed by atoms with Gasteiger partial charge in [0, 0.05) is 20.2 Å². The van der Waals surface area contributed by atoms with E-state index in [1.54, 1.807) is 30.3 Å². The van der Waals surface area contributed by atoms with Crippen LogP contribution in [0.15, 0.2) is 4.90 Å². The molecule has 0 saturated carbocycles. The van der Waals surface area contributed by atoms with Crippen molar-refractivity contribution < 1.29 is 13.2 Å². The van der Waals surface area contributed by atoms with Crippen molar-refractivity contribution in [1.82, 2.24) is 29.3 Å². The van der Waals surface area contributed by atoms with Crippen LogP contribution in [0.3, 0.4) is 0 Å². The molecule has 0 radical (unpaired) electrons. The molecule has 2 aromatic heterocycles. The predicted molar refractivity (Wildman–Crippen MR) is 99.6 cm³/mol. The Balaban J connectivity index is 1.89. The molecule has 27 heavy (non-hydrogen) atoms. The monoisotopic (exact) mass is 396 g/mol. The predicted octanol–water partition coefficient (Wildman–Crippen LogP) is 1.71. The van der Waals surface area contributed by atoms with E-state index in [2.05, 4.69) is 33.8 Å². The molecule has 0 bridgehead atoms. The zero-order chi connectivity index (χ0) is 19.8. The Morgan fingerprint density at radius 1 is 1.30 bits per heavy atom. The van der Waals surface area contributed by atoms with Gasteiger partial charge >= 0.3 is 0 Å². The third kappa shape index (κ3) is 4.07. The molecule has 1 atom stereocenters. The number of nitrogens with zero attached hydrogens (tertiary/aromatic N) is 5. The number of aromatic nitrogens is 5. The smallest absolute Gasteiger partial charge is 0.244 e. The van der Waals surface area contributed by atoms with Crippen LogP contribution in [0, 0.1) is 19.8 Å². The highest BCUT2D eigenvalue weighted by molar-refractivity contribution is 7.89. The molecule has 0 spiro atoms. The Morgan fingerprint density at radius 2 is 2.04 bits per heavy atom. The van der Waals surface area contributed by atoms with Gasteiger partial charge in [0.05, 0.1) is 17.4 Å². The summed E-state index contributed by atoms with van der Waals surface area (Å²) in [6.07, 6.45) is 1.52. The van der Waals surface area contributed by atoms with Gasteiger partial charge in [0.2, 0.25) is 10.0 Å². The standard InChI is InChI=1S/C17H28N6O3S/c1-11(2)9-23-13(4)16(12(3)19-23)27(24,25)21-14-7-6-8-22-17(14)18-15(20-22)10-26-5/h11,14,21H,6-10H2,1-5H3/t14-/m1/s1. The normalized spacial score (nSPS) is 17.5.